The molecule has 1 heterocycles. The summed E-state index contributed by atoms with van der Waals surface area (Å²) in [7, 11) is 0. The number of hydrogen-bond acceptors (Lipinski definition) is 2. The molecular weight excluding hydrogens is 364 g/mol. The van der Waals surface area contributed by atoms with E-state index in [2.05, 4.69) is 52.0 Å². The summed E-state index contributed by atoms with van der Waals surface area (Å²) in [6.07, 6.45) is 3.54. The molecule has 0 N–H and O–H groups in total. The number of aryl methyl sites for hydroxylation is 1. The highest BCUT2D eigenvalue weighted by Crippen LogP contribution is 2.19. The zero-order valence-corrected chi connectivity index (χ0v) is 15.4. The molecule has 4 heteroatoms. The number of hydrogen-bond donors (Lipinski definition) is 0. The van der Waals surface area contributed by atoms with Crippen LogP contribution in [0.5, 0.6) is 0 Å². The third-order valence-electron chi connectivity index (χ3n) is 4.27. The Kier molecular flexibility index (Phi) is 5.36. The van der Waals surface area contributed by atoms with Crippen LogP contribution in [0.25, 0.3) is 6.08 Å². The van der Waals surface area contributed by atoms with Crippen LogP contribution in [0.4, 0.5) is 5.69 Å². The monoisotopic (exact) mass is 384 g/mol. The maximum absolute atomic E-state index is 12.4. The van der Waals surface area contributed by atoms with Crippen LogP contribution in [0.15, 0.2) is 59.1 Å². The number of nitrogens with zero attached hydrogens (tertiary/aromatic N) is 2. The number of halogens is 1. The van der Waals surface area contributed by atoms with Gasteiger partial charge in [-0.15, -0.1) is 0 Å². The molecule has 2 aromatic carbocycles. The van der Waals surface area contributed by atoms with Crippen molar-refractivity contribution < 1.29 is 4.79 Å². The van der Waals surface area contributed by atoms with Gasteiger partial charge in [0.05, 0.1) is 0 Å². The first-order valence-corrected chi connectivity index (χ1v) is 8.96. The first-order chi connectivity index (χ1) is 11.6. The molecule has 1 fully saturated rings. The smallest absolute Gasteiger partial charge is 0.246 e. The van der Waals surface area contributed by atoms with Crippen LogP contribution in [0.2, 0.25) is 0 Å². The Bertz CT molecular complexity index is 749. The summed E-state index contributed by atoms with van der Waals surface area (Å²) in [5, 5.41) is 0. The van der Waals surface area contributed by atoms with Crippen LogP contribution in [-0.2, 0) is 4.79 Å². The van der Waals surface area contributed by atoms with Crippen molar-refractivity contribution >= 4 is 33.6 Å². The van der Waals surface area contributed by atoms with E-state index in [1.165, 1.54) is 11.3 Å². The molecule has 24 heavy (non-hydrogen) atoms. The zero-order chi connectivity index (χ0) is 16.9. The summed E-state index contributed by atoms with van der Waals surface area (Å²) in [6, 6.07) is 16.4. The van der Waals surface area contributed by atoms with Crippen molar-refractivity contribution in [3.05, 3.63) is 70.2 Å². The fraction of sp³-hybridized carbons (Fsp3) is 0.250. The number of piperazine rings is 1. The second-order valence-electron chi connectivity index (χ2n) is 6.01. The molecule has 124 valence electrons. The molecule has 0 atom stereocenters. The van der Waals surface area contributed by atoms with E-state index in [0.29, 0.717) is 0 Å². The lowest BCUT2D eigenvalue weighted by molar-refractivity contribution is -0.126. The highest BCUT2D eigenvalue weighted by Gasteiger charge is 2.19. The number of carbonyl (C=O) groups excluding carboxylic acids is 1. The molecule has 0 aliphatic carbocycles. The topological polar surface area (TPSA) is 23.6 Å². The molecule has 0 bridgehead atoms. The maximum atomic E-state index is 12.4. The largest absolute Gasteiger partial charge is 0.368 e. The average Bonchev–Trinajstić information content (AvgIpc) is 2.61. The van der Waals surface area contributed by atoms with Gasteiger partial charge < -0.3 is 9.80 Å². The predicted octanol–water partition coefficient (Wildman–Crippen LogP) is 4.12. The minimum atomic E-state index is 0.0784. The number of amides is 1. The van der Waals surface area contributed by atoms with Crippen molar-refractivity contribution in [3.8, 4) is 0 Å². The second-order valence-corrected chi connectivity index (χ2v) is 6.86. The molecule has 0 unspecified atom stereocenters. The van der Waals surface area contributed by atoms with E-state index in [1.54, 1.807) is 6.08 Å². The van der Waals surface area contributed by atoms with Crippen molar-refractivity contribution in [2.75, 3.05) is 31.1 Å². The van der Waals surface area contributed by atoms with E-state index in [-0.39, 0.29) is 5.91 Å². The summed E-state index contributed by atoms with van der Waals surface area (Å²) in [5.74, 6) is 0.0784. The fourth-order valence-electron chi connectivity index (χ4n) is 2.89. The molecule has 1 aliphatic rings. The predicted molar refractivity (Wildman–Crippen MR) is 103 cm³/mol. The van der Waals surface area contributed by atoms with E-state index >= 15 is 0 Å². The Hall–Kier alpha value is -2.07. The van der Waals surface area contributed by atoms with Gasteiger partial charge in [0.15, 0.2) is 0 Å². The Morgan fingerprint density at radius 1 is 1.04 bits per heavy atom. The molecule has 0 spiro atoms. The SMILES string of the molecule is Cc1cccc(N2CCN(C(=O)/C=C/c3ccccc3Br)CC2)c1. The van der Waals surface area contributed by atoms with Crippen molar-refractivity contribution in [2.24, 2.45) is 0 Å². The van der Waals surface area contributed by atoms with Crippen molar-refractivity contribution in [1.82, 2.24) is 4.90 Å². The summed E-state index contributed by atoms with van der Waals surface area (Å²) in [5.41, 5.74) is 3.53. The molecule has 1 amide bonds. The molecule has 1 aliphatic heterocycles. The maximum Gasteiger partial charge on any atom is 0.246 e. The first kappa shape index (κ1) is 16.8. The lowest BCUT2D eigenvalue weighted by Gasteiger charge is -2.35. The van der Waals surface area contributed by atoms with Crippen LogP contribution in [0.1, 0.15) is 11.1 Å². The van der Waals surface area contributed by atoms with E-state index < -0.39 is 0 Å². The van der Waals surface area contributed by atoms with Gasteiger partial charge in [0.25, 0.3) is 0 Å². The molecular formula is C20H21BrN2O. The zero-order valence-electron chi connectivity index (χ0n) is 13.8. The van der Waals surface area contributed by atoms with Crippen molar-refractivity contribution in [2.45, 2.75) is 6.92 Å². The molecule has 2 aromatic rings. The van der Waals surface area contributed by atoms with Crippen molar-refractivity contribution in [1.29, 1.82) is 0 Å². The summed E-state index contributed by atoms with van der Waals surface area (Å²) in [4.78, 5) is 16.6. The van der Waals surface area contributed by atoms with Gasteiger partial charge in [-0.3, -0.25) is 4.79 Å². The minimum absolute atomic E-state index is 0.0784. The summed E-state index contributed by atoms with van der Waals surface area (Å²) >= 11 is 3.50. The highest BCUT2D eigenvalue weighted by molar-refractivity contribution is 9.10. The summed E-state index contributed by atoms with van der Waals surface area (Å²) < 4.78 is 0.998. The van der Waals surface area contributed by atoms with Gasteiger partial charge in [-0.05, 0) is 42.3 Å². The number of carbonyl (C=O) groups is 1. The Morgan fingerprint density at radius 3 is 2.50 bits per heavy atom. The Morgan fingerprint density at radius 2 is 1.79 bits per heavy atom. The Balaban J connectivity index is 1.58. The second kappa shape index (κ2) is 7.67. The molecule has 1 saturated heterocycles. The fourth-order valence-corrected chi connectivity index (χ4v) is 3.30. The molecule has 3 rings (SSSR count). The van der Waals surface area contributed by atoms with Crippen molar-refractivity contribution in [3.63, 3.8) is 0 Å². The Labute approximate surface area is 151 Å². The van der Waals surface area contributed by atoms with Gasteiger partial charge in [0, 0.05) is 42.4 Å². The van der Waals surface area contributed by atoms with Crippen LogP contribution >= 0.6 is 15.9 Å². The van der Waals surface area contributed by atoms with Gasteiger partial charge in [-0.1, -0.05) is 46.3 Å². The first-order valence-electron chi connectivity index (χ1n) is 8.16. The van der Waals surface area contributed by atoms with E-state index in [0.717, 1.165) is 36.2 Å². The van der Waals surface area contributed by atoms with Gasteiger partial charge in [0.2, 0.25) is 5.91 Å². The lowest BCUT2D eigenvalue weighted by Crippen LogP contribution is -2.48. The standard InChI is InChI=1S/C20H21BrN2O/c1-16-5-4-7-18(15-16)22-11-13-23(14-12-22)20(24)10-9-17-6-2-3-8-19(17)21/h2-10,15H,11-14H2,1H3/b10-9+. The van der Waals surface area contributed by atoms with E-state index in [4.69, 9.17) is 0 Å². The normalized spacial score (nSPS) is 15.1. The molecule has 0 aromatic heterocycles. The minimum Gasteiger partial charge on any atom is -0.368 e. The van der Waals surface area contributed by atoms with Gasteiger partial charge in [-0.25, -0.2) is 0 Å². The summed E-state index contributed by atoms with van der Waals surface area (Å²) in [6.45, 7) is 5.37. The average molecular weight is 385 g/mol. The van der Waals surface area contributed by atoms with Gasteiger partial charge in [0.1, 0.15) is 0 Å². The molecule has 0 saturated carbocycles. The van der Waals surface area contributed by atoms with Gasteiger partial charge >= 0.3 is 0 Å². The molecule has 3 nitrogen and oxygen atoms in total. The highest BCUT2D eigenvalue weighted by atomic mass is 79.9. The van der Waals surface area contributed by atoms with Crippen LogP contribution < -0.4 is 4.90 Å². The quantitative estimate of drug-likeness (QED) is 0.743. The van der Waals surface area contributed by atoms with E-state index in [9.17, 15) is 4.79 Å². The third kappa shape index (κ3) is 4.06. The van der Waals surface area contributed by atoms with Crippen LogP contribution in [0, 0.1) is 6.92 Å². The van der Waals surface area contributed by atoms with Gasteiger partial charge in [-0.2, -0.15) is 0 Å². The number of anilines is 1. The number of benzene rings is 2. The van der Waals surface area contributed by atoms with Crippen LogP contribution in [0.3, 0.4) is 0 Å². The lowest BCUT2D eigenvalue weighted by atomic mass is 10.2. The number of rotatable bonds is 3. The van der Waals surface area contributed by atoms with Crippen LogP contribution in [-0.4, -0.2) is 37.0 Å². The third-order valence-corrected chi connectivity index (χ3v) is 4.99. The molecule has 0 radical (unpaired) electrons. The van der Waals surface area contributed by atoms with E-state index in [1.807, 2.05) is 35.2 Å².